The number of likely N-dealkylation sites (tertiary alicyclic amines) is 1. The molecule has 0 aromatic heterocycles. The van der Waals surface area contributed by atoms with Gasteiger partial charge in [-0.05, 0) is 49.3 Å². The molecule has 144 valence electrons. The number of ether oxygens (including phenoxy) is 1. The number of hydrogen-bond acceptors (Lipinski definition) is 4. The highest BCUT2D eigenvalue weighted by Crippen LogP contribution is 2.36. The second-order valence-electron chi connectivity index (χ2n) is 7.05. The Labute approximate surface area is 154 Å². The Morgan fingerprint density at radius 2 is 1.81 bits per heavy atom. The van der Waals surface area contributed by atoms with Gasteiger partial charge in [-0.3, -0.25) is 4.79 Å². The minimum Gasteiger partial charge on any atom is -0.495 e. The molecule has 0 spiro atoms. The SMILES string of the molecule is COc1ccc(F)cc1S(=O)(=O)N1CCC(C2CCN(C(C)=O)CC2)C1. The summed E-state index contributed by atoms with van der Waals surface area (Å²) in [6.45, 7) is 3.92. The van der Waals surface area contributed by atoms with E-state index in [1.807, 2.05) is 4.90 Å². The van der Waals surface area contributed by atoms with Crippen molar-refractivity contribution in [2.75, 3.05) is 33.3 Å². The van der Waals surface area contributed by atoms with Gasteiger partial charge in [0.1, 0.15) is 16.5 Å². The lowest BCUT2D eigenvalue weighted by molar-refractivity contribution is -0.130. The van der Waals surface area contributed by atoms with Gasteiger partial charge in [0, 0.05) is 33.1 Å². The van der Waals surface area contributed by atoms with E-state index in [0.717, 1.165) is 38.4 Å². The highest BCUT2D eigenvalue weighted by Gasteiger charge is 2.38. The third-order valence-electron chi connectivity index (χ3n) is 5.58. The minimum absolute atomic E-state index is 0.0947. The Hall–Kier alpha value is -1.67. The van der Waals surface area contributed by atoms with E-state index < -0.39 is 15.8 Å². The summed E-state index contributed by atoms with van der Waals surface area (Å²) in [4.78, 5) is 13.2. The summed E-state index contributed by atoms with van der Waals surface area (Å²) < 4.78 is 46.1. The van der Waals surface area contributed by atoms with Gasteiger partial charge in [0.2, 0.25) is 15.9 Å². The first-order valence-corrected chi connectivity index (χ1v) is 10.4. The van der Waals surface area contributed by atoms with Crippen LogP contribution in [0.25, 0.3) is 0 Å². The lowest BCUT2D eigenvalue weighted by atomic mass is 9.84. The minimum atomic E-state index is -3.80. The van der Waals surface area contributed by atoms with Crippen molar-refractivity contribution in [3.63, 3.8) is 0 Å². The van der Waals surface area contributed by atoms with E-state index in [0.29, 0.717) is 19.0 Å². The molecule has 1 aromatic rings. The zero-order valence-corrected chi connectivity index (χ0v) is 16.0. The largest absolute Gasteiger partial charge is 0.495 e. The predicted molar refractivity (Wildman–Crippen MR) is 94.8 cm³/mol. The lowest BCUT2D eigenvalue weighted by Gasteiger charge is -2.34. The van der Waals surface area contributed by atoms with E-state index in [4.69, 9.17) is 4.74 Å². The molecule has 2 saturated heterocycles. The number of sulfonamides is 1. The van der Waals surface area contributed by atoms with E-state index in [9.17, 15) is 17.6 Å². The second kappa shape index (κ2) is 7.52. The van der Waals surface area contributed by atoms with Gasteiger partial charge in [-0.15, -0.1) is 0 Å². The molecule has 0 bridgehead atoms. The number of piperidine rings is 1. The van der Waals surface area contributed by atoms with Crippen LogP contribution in [0.3, 0.4) is 0 Å². The van der Waals surface area contributed by atoms with Gasteiger partial charge in [-0.25, -0.2) is 12.8 Å². The highest BCUT2D eigenvalue weighted by atomic mass is 32.2. The number of halogens is 1. The Morgan fingerprint density at radius 3 is 2.42 bits per heavy atom. The molecule has 0 saturated carbocycles. The third kappa shape index (κ3) is 3.71. The first-order valence-electron chi connectivity index (χ1n) is 8.92. The van der Waals surface area contributed by atoms with Crippen molar-refractivity contribution in [2.45, 2.75) is 31.1 Å². The van der Waals surface area contributed by atoms with Crippen LogP contribution in [0.4, 0.5) is 4.39 Å². The number of benzene rings is 1. The maximum absolute atomic E-state index is 13.6. The van der Waals surface area contributed by atoms with Crippen LogP contribution < -0.4 is 4.74 Å². The second-order valence-corrected chi connectivity index (χ2v) is 8.96. The standard InChI is InChI=1S/C18H25FN2O4S/c1-13(22)20-8-5-14(6-9-20)15-7-10-21(12-15)26(23,24)18-11-16(19)3-4-17(18)25-2/h3-4,11,14-15H,5-10,12H2,1-2H3. The average molecular weight is 384 g/mol. The molecule has 0 N–H and O–H groups in total. The Kier molecular flexibility index (Phi) is 5.53. The summed E-state index contributed by atoms with van der Waals surface area (Å²) in [6.07, 6.45) is 2.60. The van der Waals surface area contributed by atoms with Gasteiger partial charge in [0.15, 0.2) is 0 Å². The Balaban J connectivity index is 1.70. The predicted octanol–water partition coefficient (Wildman–Crippen LogP) is 2.10. The smallest absolute Gasteiger partial charge is 0.246 e. The van der Waals surface area contributed by atoms with Crippen LogP contribution in [-0.2, 0) is 14.8 Å². The molecule has 2 aliphatic heterocycles. The van der Waals surface area contributed by atoms with Gasteiger partial charge in [0.05, 0.1) is 7.11 Å². The summed E-state index contributed by atoms with van der Waals surface area (Å²) in [5.74, 6) is 0.345. The highest BCUT2D eigenvalue weighted by molar-refractivity contribution is 7.89. The average Bonchev–Trinajstić information content (AvgIpc) is 3.12. The Morgan fingerprint density at radius 1 is 1.15 bits per heavy atom. The molecule has 1 amide bonds. The number of nitrogens with zero attached hydrogens (tertiary/aromatic N) is 2. The number of hydrogen-bond donors (Lipinski definition) is 0. The van der Waals surface area contributed by atoms with E-state index >= 15 is 0 Å². The normalized spacial score (nSPS) is 22.6. The summed E-state index contributed by atoms with van der Waals surface area (Å²) >= 11 is 0. The summed E-state index contributed by atoms with van der Waals surface area (Å²) in [5.41, 5.74) is 0. The molecular formula is C18H25FN2O4S. The molecule has 26 heavy (non-hydrogen) atoms. The van der Waals surface area contributed by atoms with Crippen molar-refractivity contribution in [1.82, 2.24) is 9.21 Å². The fourth-order valence-electron chi connectivity index (χ4n) is 4.03. The fourth-order valence-corrected chi connectivity index (χ4v) is 5.71. The molecule has 2 fully saturated rings. The number of rotatable bonds is 4. The topological polar surface area (TPSA) is 66.9 Å². The molecule has 6 nitrogen and oxygen atoms in total. The zero-order chi connectivity index (χ0) is 18.9. The van der Waals surface area contributed by atoms with Gasteiger partial charge < -0.3 is 9.64 Å². The van der Waals surface area contributed by atoms with Crippen molar-refractivity contribution in [3.05, 3.63) is 24.0 Å². The number of amides is 1. The molecule has 0 aliphatic carbocycles. The van der Waals surface area contributed by atoms with Crippen molar-refractivity contribution in [2.24, 2.45) is 11.8 Å². The van der Waals surface area contributed by atoms with Gasteiger partial charge in [-0.2, -0.15) is 4.31 Å². The van der Waals surface area contributed by atoms with Crippen molar-refractivity contribution in [3.8, 4) is 5.75 Å². The first-order chi connectivity index (χ1) is 12.3. The van der Waals surface area contributed by atoms with Crippen LogP contribution >= 0.6 is 0 Å². The van der Waals surface area contributed by atoms with Crippen LogP contribution in [0.1, 0.15) is 26.2 Å². The Bertz CT molecular complexity index is 775. The number of carbonyl (C=O) groups excluding carboxylic acids is 1. The van der Waals surface area contributed by atoms with Crippen molar-refractivity contribution in [1.29, 1.82) is 0 Å². The molecule has 2 heterocycles. The monoisotopic (exact) mass is 384 g/mol. The van der Waals surface area contributed by atoms with E-state index in [2.05, 4.69) is 0 Å². The van der Waals surface area contributed by atoms with Gasteiger partial charge in [-0.1, -0.05) is 0 Å². The number of carbonyl (C=O) groups is 1. The van der Waals surface area contributed by atoms with Gasteiger partial charge >= 0.3 is 0 Å². The van der Waals surface area contributed by atoms with Crippen LogP contribution in [-0.4, -0.2) is 56.8 Å². The fraction of sp³-hybridized carbons (Fsp3) is 0.611. The third-order valence-corrected chi connectivity index (χ3v) is 7.47. The maximum Gasteiger partial charge on any atom is 0.246 e. The molecule has 1 atom stereocenters. The summed E-state index contributed by atoms with van der Waals surface area (Å²) in [6, 6.07) is 3.55. The quantitative estimate of drug-likeness (QED) is 0.797. The molecule has 0 radical (unpaired) electrons. The van der Waals surface area contributed by atoms with E-state index in [-0.39, 0.29) is 22.5 Å². The summed E-state index contributed by atoms with van der Waals surface area (Å²) in [5, 5.41) is 0. The van der Waals surface area contributed by atoms with Crippen molar-refractivity contribution < 1.29 is 22.3 Å². The van der Waals surface area contributed by atoms with Gasteiger partial charge in [0.25, 0.3) is 0 Å². The maximum atomic E-state index is 13.6. The molecule has 2 aliphatic rings. The van der Waals surface area contributed by atoms with Crippen LogP contribution in [0.2, 0.25) is 0 Å². The van der Waals surface area contributed by atoms with E-state index in [1.54, 1.807) is 6.92 Å². The van der Waals surface area contributed by atoms with E-state index in [1.165, 1.54) is 23.5 Å². The lowest BCUT2D eigenvalue weighted by Crippen LogP contribution is -2.39. The van der Waals surface area contributed by atoms with Crippen LogP contribution in [0, 0.1) is 17.7 Å². The molecular weight excluding hydrogens is 359 g/mol. The van der Waals surface area contributed by atoms with Crippen LogP contribution in [0.15, 0.2) is 23.1 Å². The first kappa shape index (κ1) is 19.1. The zero-order valence-electron chi connectivity index (χ0n) is 15.2. The van der Waals surface area contributed by atoms with Crippen molar-refractivity contribution >= 4 is 15.9 Å². The molecule has 8 heteroatoms. The number of methoxy groups -OCH3 is 1. The van der Waals surface area contributed by atoms with Crippen LogP contribution in [0.5, 0.6) is 5.75 Å². The molecule has 1 aromatic carbocycles. The molecule has 1 unspecified atom stereocenters. The molecule has 3 rings (SSSR count). The summed E-state index contributed by atoms with van der Waals surface area (Å²) in [7, 11) is -2.42.